The van der Waals surface area contributed by atoms with Crippen LogP contribution in [0.3, 0.4) is 0 Å². The largest absolute Gasteiger partial charge is 0.494 e. The quantitative estimate of drug-likeness (QED) is 0.522. The second-order valence-electron chi connectivity index (χ2n) is 6.77. The Bertz CT molecular complexity index is 1170. The van der Waals surface area contributed by atoms with E-state index in [1.54, 1.807) is 60.7 Å². The molecule has 3 aromatic carbocycles. The SMILES string of the molecule is CCOc1cccc(NC(=O)CN(c2ccc(C)c(Cl)c2)S(=O)(=O)c2ccccc2)c1. The third kappa shape index (κ3) is 5.57. The van der Waals surface area contributed by atoms with E-state index in [2.05, 4.69) is 5.32 Å². The van der Waals surface area contributed by atoms with Gasteiger partial charge in [-0.15, -0.1) is 0 Å². The van der Waals surface area contributed by atoms with Crippen LogP contribution >= 0.6 is 11.6 Å². The molecule has 0 aliphatic carbocycles. The molecule has 0 unspecified atom stereocenters. The number of benzene rings is 3. The number of anilines is 2. The Kier molecular flexibility index (Phi) is 7.20. The molecule has 3 aromatic rings. The maximum absolute atomic E-state index is 13.3. The number of hydrogen-bond acceptors (Lipinski definition) is 4. The first kappa shape index (κ1) is 22.7. The molecule has 0 radical (unpaired) electrons. The first-order valence-electron chi connectivity index (χ1n) is 9.68. The van der Waals surface area contributed by atoms with Gasteiger partial charge in [0.25, 0.3) is 10.0 Å². The number of nitrogens with one attached hydrogen (secondary N) is 1. The number of carbonyl (C=O) groups is 1. The molecule has 1 N–H and O–H groups in total. The van der Waals surface area contributed by atoms with E-state index in [9.17, 15) is 13.2 Å². The van der Waals surface area contributed by atoms with E-state index in [1.807, 2.05) is 13.8 Å². The Balaban J connectivity index is 1.92. The number of halogens is 1. The van der Waals surface area contributed by atoms with Crippen LogP contribution in [-0.2, 0) is 14.8 Å². The minimum absolute atomic E-state index is 0.0813. The summed E-state index contributed by atoms with van der Waals surface area (Å²) < 4.78 is 33.2. The van der Waals surface area contributed by atoms with Crippen LogP contribution in [0, 0.1) is 6.92 Å². The van der Waals surface area contributed by atoms with E-state index in [0.29, 0.717) is 28.8 Å². The smallest absolute Gasteiger partial charge is 0.264 e. The standard InChI is InChI=1S/C23H23ClN2O4S/c1-3-30-20-9-7-8-18(14-20)25-23(27)16-26(19-13-12-17(2)22(24)15-19)31(28,29)21-10-5-4-6-11-21/h4-15H,3,16H2,1-2H3,(H,25,27). The molecule has 8 heteroatoms. The summed E-state index contributed by atoms with van der Waals surface area (Å²) in [6.45, 7) is 3.76. The van der Waals surface area contributed by atoms with Gasteiger partial charge in [-0.2, -0.15) is 0 Å². The number of hydrogen-bond donors (Lipinski definition) is 1. The zero-order valence-corrected chi connectivity index (χ0v) is 18.8. The average molecular weight is 459 g/mol. The van der Waals surface area contributed by atoms with E-state index in [-0.39, 0.29) is 4.90 Å². The van der Waals surface area contributed by atoms with Gasteiger partial charge in [0.05, 0.1) is 17.2 Å². The van der Waals surface area contributed by atoms with Crippen molar-refractivity contribution >= 4 is 38.9 Å². The molecule has 6 nitrogen and oxygen atoms in total. The predicted octanol–water partition coefficient (Wildman–Crippen LogP) is 4.88. The molecule has 162 valence electrons. The Morgan fingerprint density at radius 1 is 1.03 bits per heavy atom. The maximum Gasteiger partial charge on any atom is 0.264 e. The van der Waals surface area contributed by atoms with Crippen LogP contribution in [0.5, 0.6) is 5.75 Å². The Morgan fingerprint density at radius 2 is 1.77 bits per heavy atom. The highest BCUT2D eigenvalue weighted by molar-refractivity contribution is 7.92. The maximum atomic E-state index is 13.3. The lowest BCUT2D eigenvalue weighted by Crippen LogP contribution is -2.38. The third-order valence-electron chi connectivity index (χ3n) is 4.49. The number of ether oxygens (including phenoxy) is 1. The first-order valence-corrected chi connectivity index (χ1v) is 11.5. The van der Waals surface area contributed by atoms with Gasteiger partial charge in [0.15, 0.2) is 0 Å². The van der Waals surface area contributed by atoms with Crippen molar-refractivity contribution in [2.75, 3.05) is 22.8 Å². The molecule has 0 atom stereocenters. The van der Waals surface area contributed by atoms with Crippen LogP contribution in [0.15, 0.2) is 77.7 Å². The Hall–Kier alpha value is -3.03. The van der Waals surface area contributed by atoms with Crippen LogP contribution in [0.1, 0.15) is 12.5 Å². The molecule has 0 heterocycles. The van der Waals surface area contributed by atoms with Gasteiger partial charge in [-0.1, -0.05) is 41.9 Å². The van der Waals surface area contributed by atoms with Crippen molar-refractivity contribution in [1.29, 1.82) is 0 Å². The highest BCUT2D eigenvalue weighted by Gasteiger charge is 2.27. The van der Waals surface area contributed by atoms with Gasteiger partial charge in [0.2, 0.25) is 5.91 Å². The van der Waals surface area contributed by atoms with Crippen molar-refractivity contribution < 1.29 is 17.9 Å². The Morgan fingerprint density at radius 3 is 2.45 bits per heavy atom. The molecule has 3 rings (SSSR count). The lowest BCUT2D eigenvalue weighted by Gasteiger charge is -2.24. The average Bonchev–Trinajstić information content (AvgIpc) is 2.75. The van der Waals surface area contributed by atoms with E-state index in [1.165, 1.54) is 12.1 Å². The van der Waals surface area contributed by atoms with E-state index < -0.39 is 22.5 Å². The lowest BCUT2D eigenvalue weighted by molar-refractivity contribution is -0.114. The van der Waals surface area contributed by atoms with Crippen molar-refractivity contribution in [3.05, 3.63) is 83.4 Å². The normalized spacial score (nSPS) is 11.1. The predicted molar refractivity (Wildman–Crippen MR) is 123 cm³/mol. The summed E-state index contributed by atoms with van der Waals surface area (Å²) in [6, 6.07) is 19.8. The van der Waals surface area contributed by atoms with Crippen LogP contribution in [0.2, 0.25) is 5.02 Å². The number of sulfonamides is 1. The van der Waals surface area contributed by atoms with E-state index in [0.717, 1.165) is 9.87 Å². The van der Waals surface area contributed by atoms with Crippen molar-refractivity contribution in [2.24, 2.45) is 0 Å². The molecule has 0 spiro atoms. The third-order valence-corrected chi connectivity index (χ3v) is 6.69. The summed E-state index contributed by atoms with van der Waals surface area (Å²) in [5.41, 5.74) is 1.62. The summed E-state index contributed by atoms with van der Waals surface area (Å²) >= 11 is 6.23. The zero-order chi connectivity index (χ0) is 22.4. The van der Waals surface area contributed by atoms with Crippen molar-refractivity contribution in [1.82, 2.24) is 0 Å². The summed E-state index contributed by atoms with van der Waals surface area (Å²) in [7, 11) is -4.00. The second kappa shape index (κ2) is 9.85. The lowest BCUT2D eigenvalue weighted by atomic mass is 10.2. The van der Waals surface area contributed by atoms with Gasteiger partial charge < -0.3 is 10.1 Å². The molecule has 1 amide bonds. The highest BCUT2D eigenvalue weighted by Crippen LogP contribution is 2.28. The van der Waals surface area contributed by atoms with Crippen molar-refractivity contribution in [3.8, 4) is 5.75 Å². The van der Waals surface area contributed by atoms with Gasteiger partial charge in [-0.25, -0.2) is 8.42 Å². The summed E-state index contributed by atoms with van der Waals surface area (Å²) in [4.78, 5) is 12.9. The van der Waals surface area contributed by atoms with Gasteiger partial charge >= 0.3 is 0 Å². The van der Waals surface area contributed by atoms with Gasteiger partial charge in [0, 0.05) is 16.8 Å². The monoisotopic (exact) mass is 458 g/mol. The molecule has 0 aliphatic rings. The van der Waals surface area contributed by atoms with E-state index >= 15 is 0 Å². The van der Waals surface area contributed by atoms with Crippen LogP contribution in [0.4, 0.5) is 11.4 Å². The number of aryl methyl sites for hydroxylation is 1. The second-order valence-corrected chi connectivity index (χ2v) is 9.04. The summed E-state index contributed by atoms with van der Waals surface area (Å²) in [5.74, 6) is 0.115. The number of nitrogens with zero attached hydrogens (tertiary/aromatic N) is 1. The fraction of sp³-hybridized carbons (Fsp3) is 0.174. The Labute approximate surface area is 187 Å². The molecule has 0 fully saturated rings. The van der Waals surface area contributed by atoms with Crippen LogP contribution in [0.25, 0.3) is 0 Å². The molecule has 0 bridgehead atoms. The molecule has 0 aliphatic heterocycles. The van der Waals surface area contributed by atoms with Crippen molar-refractivity contribution in [2.45, 2.75) is 18.7 Å². The van der Waals surface area contributed by atoms with Crippen LogP contribution in [-0.4, -0.2) is 27.5 Å². The number of amides is 1. The van der Waals surface area contributed by atoms with Crippen molar-refractivity contribution in [3.63, 3.8) is 0 Å². The minimum atomic E-state index is -4.00. The molecule has 31 heavy (non-hydrogen) atoms. The fourth-order valence-corrected chi connectivity index (χ4v) is 4.54. The fourth-order valence-electron chi connectivity index (χ4n) is 2.93. The number of carbonyl (C=O) groups excluding carboxylic acids is 1. The molecule has 0 saturated heterocycles. The first-order chi connectivity index (χ1) is 14.8. The van der Waals surface area contributed by atoms with Gasteiger partial charge in [0.1, 0.15) is 12.3 Å². The number of rotatable bonds is 8. The minimum Gasteiger partial charge on any atom is -0.494 e. The highest BCUT2D eigenvalue weighted by atomic mass is 35.5. The molecule has 0 saturated carbocycles. The van der Waals surface area contributed by atoms with Crippen LogP contribution < -0.4 is 14.4 Å². The zero-order valence-electron chi connectivity index (χ0n) is 17.2. The van der Waals surface area contributed by atoms with E-state index in [4.69, 9.17) is 16.3 Å². The molecular weight excluding hydrogens is 436 g/mol. The molecular formula is C23H23ClN2O4S. The van der Waals surface area contributed by atoms with Gasteiger partial charge in [-0.05, 0) is 55.8 Å². The summed E-state index contributed by atoms with van der Waals surface area (Å²) in [6.07, 6.45) is 0. The summed E-state index contributed by atoms with van der Waals surface area (Å²) in [5, 5.41) is 3.15. The van der Waals surface area contributed by atoms with Gasteiger partial charge in [-0.3, -0.25) is 9.10 Å². The molecule has 0 aromatic heterocycles. The topological polar surface area (TPSA) is 75.7 Å².